The van der Waals surface area contributed by atoms with Crippen LogP contribution in [0.2, 0.25) is 0 Å². The number of rotatable bonds is 6. The molecule has 0 bridgehead atoms. The van der Waals surface area contributed by atoms with Gasteiger partial charge in [0.1, 0.15) is 29.5 Å². The lowest BCUT2D eigenvalue weighted by Crippen LogP contribution is -2.42. The molecule has 1 unspecified atom stereocenters. The lowest BCUT2D eigenvalue weighted by Gasteiger charge is -2.37. The largest absolute Gasteiger partial charge is 0.507 e. The van der Waals surface area contributed by atoms with Crippen LogP contribution in [0.15, 0.2) is 29.1 Å². The fourth-order valence-electron chi connectivity index (χ4n) is 4.27. The van der Waals surface area contributed by atoms with Crippen LogP contribution in [0.25, 0.3) is 0 Å². The second-order valence-corrected chi connectivity index (χ2v) is 11.6. The van der Waals surface area contributed by atoms with Crippen molar-refractivity contribution in [2.75, 3.05) is 6.61 Å². The van der Waals surface area contributed by atoms with Gasteiger partial charge in [-0.05, 0) is 74.9 Å². The lowest BCUT2D eigenvalue weighted by molar-refractivity contribution is 0.0166. The Morgan fingerprint density at radius 3 is 2.37 bits per heavy atom. The third kappa shape index (κ3) is 4.84. The van der Waals surface area contributed by atoms with Crippen LogP contribution in [0, 0.1) is 20.8 Å². The molecule has 0 saturated carbocycles. The number of hydrogen-bond donors (Lipinski definition) is 4. The highest BCUT2D eigenvalue weighted by Crippen LogP contribution is 2.44. The third-order valence-electron chi connectivity index (χ3n) is 6.52. The normalized spacial score (nSPS) is 17.7. The van der Waals surface area contributed by atoms with E-state index in [0.29, 0.717) is 29.4 Å². The molecule has 0 spiro atoms. The number of phenolic OH excluding ortho intramolecular Hbond substituents is 1. The summed E-state index contributed by atoms with van der Waals surface area (Å²) in [5.74, 6) is 1.03. The van der Waals surface area contributed by atoms with Crippen molar-refractivity contribution >= 4 is 19.1 Å². The van der Waals surface area contributed by atoms with Gasteiger partial charge in [-0.3, -0.25) is 4.79 Å². The Labute approximate surface area is 206 Å². The average Bonchev–Trinajstić information content (AvgIpc) is 3.08. The summed E-state index contributed by atoms with van der Waals surface area (Å²) in [7, 11) is -4.93. The Morgan fingerprint density at radius 2 is 1.77 bits per heavy atom. The number of nitrogens with zero attached hydrogens (tertiary/aromatic N) is 1. The molecule has 188 valence electrons. The summed E-state index contributed by atoms with van der Waals surface area (Å²) in [5, 5.41) is 20.4. The zero-order valence-corrected chi connectivity index (χ0v) is 21.6. The average molecular weight is 522 g/mol. The molecule has 35 heavy (non-hydrogen) atoms. The molecule has 0 amide bonds. The first-order valence-corrected chi connectivity index (χ1v) is 13.4. The molecular formula is C24H28NO8PS. The molecule has 1 atom stereocenters. The molecule has 0 saturated heterocycles. The van der Waals surface area contributed by atoms with Crippen molar-refractivity contribution in [3.8, 4) is 23.1 Å². The smallest absolute Gasteiger partial charge is 0.440 e. The van der Waals surface area contributed by atoms with Gasteiger partial charge in [-0.2, -0.15) is 4.34 Å². The monoisotopic (exact) mass is 521 g/mol. The number of aromatic hydroxyl groups is 2. The van der Waals surface area contributed by atoms with Crippen LogP contribution in [-0.4, -0.2) is 36.5 Å². The molecular weight excluding hydrogens is 493 g/mol. The molecule has 11 heteroatoms. The molecule has 0 aliphatic carbocycles. The van der Waals surface area contributed by atoms with E-state index in [9.17, 15) is 29.4 Å². The Balaban J connectivity index is 1.44. The van der Waals surface area contributed by atoms with Gasteiger partial charge in [0.15, 0.2) is 0 Å². The first-order chi connectivity index (χ1) is 16.3. The van der Waals surface area contributed by atoms with Crippen molar-refractivity contribution in [2.24, 2.45) is 0 Å². The summed E-state index contributed by atoms with van der Waals surface area (Å²) >= 11 is 0.595. The van der Waals surface area contributed by atoms with Crippen LogP contribution in [0.4, 0.5) is 0 Å². The van der Waals surface area contributed by atoms with Crippen LogP contribution in [0.1, 0.15) is 46.0 Å². The van der Waals surface area contributed by atoms with Crippen molar-refractivity contribution < 1.29 is 34.0 Å². The summed E-state index contributed by atoms with van der Waals surface area (Å²) in [6, 6.07) is 7.04. The lowest BCUT2D eigenvalue weighted by atomic mass is 9.87. The van der Waals surface area contributed by atoms with Crippen molar-refractivity contribution in [2.45, 2.75) is 52.6 Å². The first-order valence-electron chi connectivity index (χ1n) is 11.0. The molecule has 0 radical (unpaired) electrons. The molecule has 2 aromatic carbocycles. The van der Waals surface area contributed by atoms with Gasteiger partial charge >= 0.3 is 12.6 Å². The van der Waals surface area contributed by atoms with Crippen molar-refractivity contribution in [1.82, 2.24) is 4.34 Å². The predicted molar refractivity (Wildman–Crippen MR) is 132 cm³/mol. The van der Waals surface area contributed by atoms with Gasteiger partial charge in [0, 0.05) is 12.0 Å². The van der Waals surface area contributed by atoms with E-state index in [1.165, 1.54) is 0 Å². The van der Waals surface area contributed by atoms with Crippen LogP contribution in [0.3, 0.4) is 0 Å². The Kier molecular flexibility index (Phi) is 6.53. The fraction of sp³-hybridized carbons (Fsp3) is 0.375. The van der Waals surface area contributed by atoms with E-state index in [-0.39, 0.29) is 15.6 Å². The maximum atomic E-state index is 11.9. The summed E-state index contributed by atoms with van der Waals surface area (Å²) < 4.78 is 23.9. The van der Waals surface area contributed by atoms with Gasteiger partial charge in [-0.25, -0.2) is 4.57 Å². The van der Waals surface area contributed by atoms with Gasteiger partial charge in [-0.15, -0.1) is 0 Å². The SMILES string of the molecule is Cc1c(C)c2c(c(C)c1O)CCC(C)(COc1ccc(Cc3sc(=O)n(P(=O)(O)O)c3O)cc1)O2. The Bertz CT molecular complexity index is 1390. The van der Waals surface area contributed by atoms with Crippen molar-refractivity contribution in [3.63, 3.8) is 0 Å². The quantitative estimate of drug-likeness (QED) is 0.358. The van der Waals surface area contributed by atoms with Crippen molar-refractivity contribution in [3.05, 3.63) is 66.6 Å². The zero-order valence-electron chi connectivity index (χ0n) is 19.9. The number of hydrogen-bond acceptors (Lipinski definition) is 7. The molecule has 9 nitrogen and oxygen atoms in total. The van der Waals surface area contributed by atoms with Crippen LogP contribution < -0.4 is 14.3 Å². The van der Waals surface area contributed by atoms with Crippen LogP contribution in [0.5, 0.6) is 23.1 Å². The molecule has 0 fully saturated rings. The molecule has 2 heterocycles. The molecule has 3 aromatic rings. The Morgan fingerprint density at radius 1 is 1.11 bits per heavy atom. The first kappa shape index (κ1) is 25.3. The number of fused-ring (bicyclic) bond motifs is 1. The third-order valence-corrected chi connectivity index (χ3v) is 8.48. The van der Waals surface area contributed by atoms with Gasteiger partial charge in [0.05, 0.1) is 4.88 Å². The summed E-state index contributed by atoms with van der Waals surface area (Å²) in [6.07, 6.45) is 1.65. The van der Waals surface area contributed by atoms with Gasteiger partial charge in [-0.1, -0.05) is 23.5 Å². The molecule has 1 aliphatic heterocycles. The zero-order chi connectivity index (χ0) is 25.7. The van der Waals surface area contributed by atoms with E-state index in [2.05, 4.69) is 0 Å². The maximum Gasteiger partial charge on any atom is 0.440 e. The molecule has 1 aliphatic rings. The number of thiazole rings is 1. The van der Waals surface area contributed by atoms with Gasteiger partial charge in [0.25, 0.3) is 0 Å². The number of ether oxygens (including phenoxy) is 2. The minimum Gasteiger partial charge on any atom is -0.507 e. The fourth-order valence-corrected chi connectivity index (χ4v) is 6.16. The second kappa shape index (κ2) is 9.02. The van der Waals surface area contributed by atoms with Gasteiger partial charge in [0.2, 0.25) is 5.88 Å². The summed E-state index contributed by atoms with van der Waals surface area (Å²) in [4.78, 5) is 29.6. The topological polar surface area (TPSA) is 138 Å². The highest BCUT2D eigenvalue weighted by molar-refractivity contribution is 7.50. The summed E-state index contributed by atoms with van der Waals surface area (Å²) in [6.45, 7) is 8.05. The molecule has 4 rings (SSSR count). The highest BCUT2D eigenvalue weighted by atomic mass is 32.1. The van der Waals surface area contributed by atoms with Crippen molar-refractivity contribution in [1.29, 1.82) is 0 Å². The minimum absolute atomic E-state index is 0.111. The highest BCUT2D eigenvalue weighted by Gasteiger charge is 2.35. The molecule has 4 N–H and O–H groups in total. The number of benzene rings is 2. The van der Waals surface area contributed by atoms with E-state index < -0.39 is 24.1 Å². The number of aromatic nitrogens is 1. The van der Waals surface area contributed by atoms with Crippen LogP contribution in [-0.2, 0) is 17.4 Å². The van der Waals surface area contributed by atoms with Gasteiger partial charge < -0.3 is 29.5 Å². The summed E-state index contributed by atoms with van der Waals surface area (Å²) in [5.41, 5.74) is 3.82. The maximum absolute atomic E-state index is 11.9. The van der Waals surface area contributed by atoms with E-state index >= 15 is 0 Å². The molecule has 1 aromatic heterocycles. The van der Waals surface area contributed by atoms with E-state index in [1.54, 1.807) is 24.3 Å². The van der Waals surface area contributed by atoms with E-state index in [4.69, 9.17) is 9.47 Å². The predicted octanol–water partition coefficient (Wildman–Crippen LogP) is 3.94. The Hall–Kier alpha value is -2.78. The number of phenols is 1. The van der Waals surface area contributed by atoms with Crippen LogP contribution >= 0.6 is 19.1 Å². The van der Waals surface area contributed by atoms with E-state index in [0.717, 1.165) is 46.4 Å². The second-order valence-electron chi connectivity index (χ2n) is 9.13. The minimum atomic E-state index is -4.93. The standard InChI is InChI=1S/C24H28NO8PS/c1-13-14(2)21-18(15(3)20(13)26)9-10-24(4,33-21)12-32-17-7-5-16(6-8-17)11-19-22(27)25(23(28)35-19)34(29,30)31/h5-8,26-27H,9-12H2,1-4H3,(H2,29,30,31). The van der Waals surface area contributed by atoms with E-state index in [1.807, 2.05) is 27.7 Å².